The second-order valence-corrected chi connectivity index (χ2v) is 6.75. The average molecular weight is 267 g/mol. The molecule has 1 aromatic heterocycles. The predicted molar refractivity (Wildman–Crippen MR) is 72.4 cm³/mol. The van der Waals surface area contributed by atoms with Crippen LogP contribution in [0.15, 0.2) is 4.52 Å². The third-order valence-electron chi connectivity index (χ3n) is 4.03. The van der Waals surface area contributed by atoms with Gasteiger partial charge in [0.2, 0.25) is 5.89 Å². The molecule has 1 saturated carbocycles. The molecule has 1 aromatic rings. The van der Waals surface area contributed by atoms with Crippen LogP contribution < -0.4 is 5.32 Å². The van der Waals surface area contributed by atoms with Gasteiger partial charge < -0.3 is 9.84 Å². The first kappa shape index (κ1) is 12.5. The lowest BCUT2D eigenvalue weighted by Crippen LogP contribution is -2.16. The molecule has 0 radical (unpaired) electrons. The van der Waals surface area contributed by atoms with Gasteiger partial charge in [0, 0.05) is 5.25 Å². The molecule has 18 heavy (non-hydrogen) atoms. The third kappa shape index (κ3) is 2.72. The first-order valence-corrected chi connectivity index (χ1v) is 8.05. The van der Waals surface area contributed by atoms with Crippen molar-refractivity contribution in [3.8, 4) is 0 Å². The molecule has 2 heterocycles. The van der Waals surface area contributed by atoms with E-state index in [2.05, 4.69) is 22.4 Å². The lowest BCUT2D eigenvalue weighted by molar-refractivity contribution is 0.317. The quantitative estimate of drug-likeness (QED) is 0.909. The van der Waals surface area contributed by atoms with Crippen LogP contribution in [0.3, 0.4) is 0 Å². The van der Waals surface area contributed by atoms with Crippen LogP contribution in [0.5, 0.6) is 0 Å². The normalized spacial score (nSPS) is 29.2. The number of nitrogens with one attached hydrogen (secondary N) is 1. The van der Waals surface area contributed by atoms with Crippen molar-refractivity contribution in [2.24, 2.45) is 5.92 Å². The van der Waals surface area contributed by atoms with Crippen molar-refractivity contribution in [1.29, 1.82) is 0 Å². The zero-order valence-electron chi connectivity index (χ0n) is 10.9. The van der Waals surface area contributed by atoms with E-state index < -0.39 is 0 Å². The Morgan fingerprint density at radius 2 is 2.17 bits per heavy atom. The van der Waals surface area contributed by atoms with E-state index in [-0.39, 0.29) is 6.04 Å². The molecule has 100 valence electrons. The number of nitrogens with zero attached hydrogens (tertiary/aromatic N) is 2. The summed E-state index contributed by atoms with van der Waals surface area (Å²) in [7, 11) is 0. The molecule has 4 nitrogen and oxygen atoms in total. The minimum atomic E-state index is 0.266. The number of thioether (sulfide) groups is 1. The van der Waals surface area contributed by atoms with Gasteiger partial charge >= 0.3 is 0 Å². The topological polar surface area (TPSA) is 51.0 Å². The maximum Gasteiger partial charge on any atom is 0.244 e. The fourth-order valence-corrected chi connectivity index (χ4v) is 4.03. The maximum atomic E-state index is 5.40. The van der Waals surface area contributed by atoms with Crippen LogP contribution >= 0.6 is 11.8 Å². The lowest BCUT2D eigenvalue weighted by atomic mass is 10.0. The molecule has 3 rings (SSSR count). The lowest BCUT2D eigenvalue weighted by Gasteiger charge is -2.09. The number of aromatic nitrogens is 2. The highest BCUT2D eigenvalue weighted by molar-refractivity contribution is 7.99. The van der Waals surface area contributed by atoms with E-state index in [0.29, 0.717) is 5.92 Å². The van der Waals surface area contributed by atoms with Gasteiger partial charge in [-0.15, -0.1) is 0 Å². The Labute approximate surface area is 112 Å². The molecule has 1 N–H and O–H groups in total. The SMILES string of the molecule is CC1CCNC1c1nc(CSC2CCCC2)no1. The van der Waals surface area contributed by atoms with Gasteiger partial charge in [-0.2, -0.15) is 16.7 Å². The molecule has 2 aliphatic rings. The van der Waals surface area contributed by atoms with Crippen molar-refractivity contribution in [2.75, 3.05) is 6.54 Å². The molecule has 0 bridgehead atoms. The molecule has 0 amide bonds. The van der Waals surface area contributed by atoms with Gasteiger partial charge in [-0.3, -0.25) is 0 Å². The summed E-state index contributed by atoms with van der Waals surface area (Å²) >= 11 is 1.99. The standard InChI is InChI=1S/C13H21N3OS/c1-9-6-7-14-12(9)13-15-11(16-17-13)8-18-10-4-2-3-5-10/h9-10,12,14H,2-8H2,1H3. The van der Waals surface area contributed by atoms with Gasteiger partial charge in [0.05, 0.1) is 11.8 Å². The van der Waals surface area contributed by atoms with Crippen LogP contribution in [-0.2, 0) is 5.75 Å². The van der Waals surface area contributed by atoms with Crippen molar-refractivity contribution in [2.45, 2.75) is 56.1 Å². The van der Waals surface area contributed by atoms with Crippen LogP contribution in [0, 0.1) is 5.92 Å². The van der Waals surface area contributed by atoms with Crippen LogP contribution in [0.1, 0.15) is 56.8 Å². The second-order valence-electron chi connectivity index (χ2n) is 5.46. The van der Waals surface area contributed by atoms with Gasteiger partial charge in [0.15, 0.2) is 5.82 Å². The zero-order valence-corrected chi connectivity index (χ0v) is 11.7. The Bertz CT molecular complexity index is 389. The van der Waals surface area contributed by atoms with Crippen molar-refractivity contribution >= 4 is 11.8 Å². The van der Waals surface area contributed by atoms with Crippen molar-refractivity contribution in [3.05, 3.63) is 11.7 Å². The largest absolute Gasteiger partial charge is 0.338 e. The van der Waals surface area contributed by atoms with E-state index in [9.17, 15) is 0 Å². The van der Waals surface area contributed by atoms with Gasteiger partial charge in [-0.25, -0.2) is 0 Å². The summed E-state index contributed by atoms with van der Waals surface area (Å²) in [5.41, 5.74) is 0. The van der Waals surface area contributed by atoms with Gasteiger partial charge in [-0.1, -0.05) is 24.9 Å². The maximum absolute atomic E-state index is 5.40. The molecule has 2 unspecified atom stereocenters. The number of hydrogen-bond acceptors (Lipinski definition) is 5. The molecule has 1 saturated heterocycles. The van der Waals surface area contributed by atoms with Crippen molar-refractivity contribution in [3.63, 3.8) is 0 Å². The summed E-state index contributed by atoms with van der Waals surface area (Å²) < 4.78 is 5.40. The van der Waals surface area contributed by atoms with Crippen LogP contribution in [0.25, 0.3) is 0 Å². The van der Waals surface area contributed by atoms with E-state index in [1.807, 2.05) is 11.8 Å². The summed E-state index contributed by atoms with van der Waals surface area (Å²) in [6.45, 7) is 3.29. The molecule has 2 atom stereocenters. The minimum absolute atomic E-state index is 0.266. The molecule has 5 heteroatoms. The molecule has 1 aliphatic heterocycles. The number of hydrogen-bond donors (Lipinski definition) is 1. The van der Waals surface area contributed by atoms with E-state index in [1.165, 1.54) is 32.1 Å². The first-order valence-electron chi connectivity index (χ1n) is 7.00. The smallest absolute Gasteiger partial charge is 0.244 e. The summed E-state index contributed by atoms with van der Waals surface area (Å²) in [4.78, 5) is 4.54. The second kappa shape index (κ2) is 5.61. The average Bonchev–Trinajstić information content (AvgIpc) is 3.07. The number of rotatable bonds is 4. The van der Waals surface area contributed by atoms with Gasteiger partial charge in [0.1, 0.15) is 0 Å². The third-order valence-corrected chi connectivity index (χ3v) is 5.40. The zero-order chi connectivity index (χ0) is 12.4. The van der Waals surface area contributed by atoms with E-state index in [1.54, 1.807) is 0 Å². The molecule has 0 aromatic carbocycles. The van der Waals surface area contributed by atoms with Crippen LogP contribution in [0.2, 0.25) is 0 Å². The van der Waals surface area contributed by atoms with E-state index in [0.717, 1.165) is 29.3 Å². The summed E-state index contributed by atoms with van der Waals surface area (Å²) in [5, 5.41) is 8.35. The Morgan fingerprint density at radius 3 is 2.89 bits per heavy atom. The van der Waals surface area contributed by atoms with Gasteiger partial charge in [0.25, 0.3) is 0 Å². The fraction of sp³-hybridized carbons (Fsp3) is 0.846. The van der Waals surface area contributed by atoms with Crippen LogP contribution in [0.4, 0.5) is 0 Å². The summed E-state index contributed by atoms with van der Waals surface area (Å²) in [6.07, 6.45) is 6.68. The molecular formula is C13H21N3OS. The highest BCUT2D eigenvalue weighted by Crippen LogP contribution is 2.32. The van der Waals surface area contributed by atoms with E-state index in [4.69, 9.17) is 4.52 Å². The summed E-state index contributed by atoms with van der Waals surface area (Å²) in [6, 6.07) is 0.266. The van der Waals surface area contributed by atoms with Crippen molar-refractivity contribution < 1.29 is 4.52 Å². The Kier molecular flexibility index (Phi) is 3.89. The molecule has 2 fully saturated rings. The Morgan fingerprint density at radius 1 is 1.33 bits per heavy atom. The highest BCUT2D eigenvalue weighted by Gasteiger charge is 2.29. The molecule has 1 aliphatic carbocycles. The van der Waals surface area contributed by atoms with Gasteiger partial charge in [-0.05, 0) is 31.7 Å². The Balaban J connectivity index is 1.55. The monoisotopic (exact) mass is 267 g/mol. The van der Waals surface area contributed by atoms with Crippen LogP contribution in [-0.4, -0.2) is 21.9 Å². The predicted octanol–water partition coefficient (Wildman–Crippen LogP) is 2.92. The van der Waals surface area contributed by atoms with E-state index >= 15 is 0 Å². The van der Waals surface area contributed by atoms with Crippen molar-refractivity contribution in [1.82, 2.24) is 15.5 Å². The molecule has 0 spiro atoms. The minimum Gasteiger partial charge on any atom is -0.338 e. The fourth-order valence-electron chi connectivity index (χ4n) is 2.86. The first-order chi connectivity index (χ1) is 8.83. The Hall–Kier alpha value is -0.550. The summed E-state index contributed by atoms with van der Waals surface area (Å²) in [5.74, 6) is 3.14. The highest BCUT2D eigenvalue weighted by atomic mass is 32.2. The molecular weight excluding hydrogens is 246 g/mol.